The second-order valence-corrected chi connectivity index (χ2v) is 17.5. The SMILES string of the molecule is CCC(C)C(C(=O)NC(Cc1ccccc1)C(O)CN(Cc1ccc(-c2ccccn2)cc1)NC(=O)C(NC(=O)OC)C(C)(C)C)N1CCN(Cc2cccc(C(C)C)n2)C1=O. The molecule has 1 aliphatic heterocycles. The highest BCUT2D eigenvalue weighted by Gasteiger charge is 2.41. The highest BCUT2D eigenvalue weighted by Crippen LogP contribution is 2.25. The van der Waals surface area contributed by atoms with Crippen molar-refractivity contribution in [3.05, 3.63) is 120 Å². The van der Waals surface area contributed by atoms with Crippen LogP contribution < -0.4 is 16.1 Å². The molecule has 5 atom stereocenters. The number of hydrogen-bond donors (Lipinski definition) is 4. The molecule has 62 heavy (non-hydrogen) atoms. The van der Waals surface area contributed by atoms with E-state index < -0.39 is 41.6 Å². The molecule has 4 aromatic rings. The lowest BCUT2D eigenvalue weighted by atomic mass is 9.86. The van der Waals surface area contributed by atoms with Gasteiger partial charge in [-0.15, -0.1) is 0 Å². The Balaban J connectivity index is 1.41. The maximum atomic E-state index is 14.6. The number of nitrogens with one attached hydrogen (secondary N) is 3. The molecule has 2 aromatic heterocycles. The lowest BCUT2D eigenvalue weighted by molar-refractivity contribution is -0.132. The van der Waals surface area contributed by atoms with Crippen molar-refractivity contribution in [3.8, 4) is 11.3 Å². The molecule has 5 rings (SSSR count). The number of aliphatic hydroxyl groups excluding tert-OH is 1. The number of nitrogens with zero attached hydrogens (tertiary/aromatic N) is 5. The van der Waals surface area contributed by atoms with Crippen molar-refractivity contribution in [3.63, 3.8) is 0 Å². The van der Waals surface area contributed by atoms with Crippen molar-refractivity contribution >= 4 is 23.9 Å². The summed E-state index contributed by atoms with van der Waals surface area (Å²) in [6.45, 7) is 14.8. The van der Waals surface area contributed by atoms with Crippen molar-refractivity contribution < 1.29 is 29.0 Å². The molecule has 0 bridgehead atoms. The number of benzene rings is 2. The average Bonchev–Trinajstić information content (AvgIpc) is 3.60. The number of pyridine rings is 2. The smallest absolute Gasteiger partial charge is 0.407 e. The third-order valence-electron chi connectivity index (χ3n) is 11.3. The summed E-state index contributed by atoms with van der Waals surface area (Å²) < 4.78 is 4.84. The van der Waals surface area contributed by atoms with Crippen LogP contribution in [0.1, 0.15) is 83.3 Å². The summed E-state index contributed by atoms with van der Waals surface area (Å²) in [4.78, 5) is 67.7. The van der Waals surface area contributed by atoms with E-state index in [1.807, 2.05) is 126 Å². The van der Waals surface area contributed by atoms with Crippen LogP contribution in [0.3, 0.4) is 0 Å². The minimum Gasteiger partial charge on any atom is -0.453 e. The number of hydrogen-bond acceptors (Lipinski definition) is 9. The third-order valence-corrected chi connectivity index (χ3v) is 11.3. The lowest BCUT2D eigenvalue weighted by Gasteiger charge is -2.36. The Morgan fingerprint density at radius 1 is 0.871 bits per heavy atom. The van der Waals surface area contributed by atoms with Gasteiger partial charge in [-0.05, 0) is 59.1 Å². The van der Waals surface area contributed by atoms with E-state index in [-0.39, 0.29) is 43.3 Å². The van der Waals surface area contributed by atoms with Gasteiger partial charge in [0.25, 0.3) is 5.91 Å². The maximum Gasteiger partial charge on any atom is 0.407 e. The van der Waals surface area contributed by atoms with Gasteiger partial charge < -0.3 is 30.3 Å². The standard InChI is InChI=1S/C48H64N8O6/c1-9-33(4)42(56-27-26-54(47(56)61)30-37-18-15-20-38(50-37)32(2)3)44(58)51-40(28-34-16-11-10-12-17-34)41(57)31-55(53-45(59)43(48(5,6)7)52-46(60)62-8)29-35-21-23-36(24-22-35)39-19-13-14-25-49-39/h10-25,32-33,40-43,57H,9,26-31H2,1-8H3,(H,51,58)(H,52,60)(H,53,59). The largest absolute Gasteiger partial charge is 0.453 e. The molecule has 0 radical (unpaired) electrons. The molecule has 5 amide bonds. The number of alkyl carbamates (subject to hydrolysis) is 1. The maximum absolute atomic E-state index is 14.6. The molecule has 4 N–H and O–H groups in total. The van der Waals surface area contributed by atoms with Crippen LogP contribution in [0.4, 0.5) is 9.59 Å². The molecular formula is C48H64N8O6. The molecule has 1 aliphatic rings. The lowest BCUT2D eigenvalue weighted by Crippen LogP contribution is -2.60. The molecule has 0 saturated carbocycles. The van der Waals surface area contributed by atoms with Crippen molar-refractivity contribution in [1.82, 2.24) is 40.8 Å². The van der Waals surface area contributed by atoms with E-state index in [0.717, 1.165) is 33.8 Å². The summed E-state index contributed by atoms with van der Waals surface area (Å²) >= 11 is 0. The van der Waals surface area contributed by atoms with Crippen molar-refractivity contribution in [2.75, 3.05) is 26.7 Å². The fraction of sp³-hybridized carbons (Fsp3) is 0.458. The van der Waals surface area contributed by atoms with Gasteiger partial charge in [-0.25, -0.2) is 14.6 Å². The Labute approximate surface area is 366 Å². The van der Waals surface area contributed by atoms with Crippen molar-refractivity contribution in [1.29, 1.82) is 0 Å². The first-order valence-electron chi connectivity index (χ1n) is 21.5. The molecule has 14 heteroatoms. The predicted octanol–water partition coefficient (Wildman–Crippen LogP) is 6.31. The van der Waals surface area contributed by atoms with Gasteiger partial charge in [-0.1, -0.05) is 122 Å². The summed E-state index contributed by atoms with van der Waals surface area (Å²) in [5.74, 6) is -0.832. The Hall–Kier alpha value is -5.86. The molecule has 3 heterocycles. The van der Waals surface area contributed by atoms with Gasteiger partial charge in [-0.3, -0.25) is 25.0 Å². The number of aliphatic hydroxyl groups is 1. The first kappa shape index (κ1) is 47.2. The van der Waals surface area contributed by atoms with Gasteiger partial charge in [0.05, 0.1) is 37.2 Å². The number of carbonyl (C=O) groups excluding carboxylic acids is 4. The average molecular weight is 849 g/mol. The van der Waals surface area contributed by atoms with Crippen LogP contribution in [-0.4, -0.2) is 105 Å². The van der Waals surface area contributed by atoms with Crippen LogP contribution in [0, 0.1) is 11.3 Å². The Kier molecular flexibility index (Phi) is 16.6. The number of hydrazine groups is 1. The first-order valence-corrected chi connectivity index (χ1v) is 21.5. The van der Waals surface area contributed by atoms with Crippen LogP contribution in [-0.2, 0) is 33.8 Å². The monoisotopic (exact) mass is 848 g/mol. The molecule has 14 nitrogen and oxygen atoms in total. The summed E-state index contributed by atoms with van der Waals surface area (Å²) in [5.41, 5.74) is 7.43. The van der Waals surface area contributed by atoms with E-state index in [1.54, 1.807) is 21.0 Å². The molecule has 332 valence electrons. The molecule has 0 aliphatic carbocycles. The normalized spacial score (nSPS) is 15.5. The van der Waals surface area contributed by atoms with E-state index in [2.05, 4.69) is 34.9 Å². The van der Waals surface area contributed by atoms with Crippen LogP contribution >= 0.6 is 0 Å². The topological polar surface area (TPSA) is 169 Å². The molecule has 1 fully saturated rings. The zero-order valence-electron chi connectivity index (χ0n) is 37.4. The van der Waals surface area contributed by atoms with Crippen LogP contribution in [0.15, 0.2) is 97.2 Å². The van der Waals surface area contributed by atoms with Crippen LogP contribution in [0.5, 0.6) is 0 Å². The van der Waals surface area contributed by atoms with Gasteiger partial charge in [0.1, 0.15) is 12.1 Å². The van der Waals surface area contributed by atoms with Gasteiger partial charge in [0, 0.05) is 43.6 Å². The van der Waals surface area contributed by atoms with Gasteiger partial charge >= 0.3 is 12.1 Å². The number of urea groups is 1. The van der Waals surface area contributed by atoms with E-state index in [0.29, 0.717) is 26.1 Å². The highest BCUT2D eigenvalue weighted by atomic mass is 16.5. The molecule has 5 unspecified atom stereocenters. The van der Waals surface area contributed by atoms with Gasteiger partial charge in [-0.2, -0.15) is 0 Å². The minimum absolute atomic E-state index is 0.104. The Morgan fingerprint density at radius 2 is 1.58 bits per heavy atom. The fourth-order valence-electron chi connectivity index (χ4n) is 7.57. The highest BCUT2D eigenvalue weighted by molar-refractivity contribution is 5.88. The summed E-state index contributed by atoms with van der Waals surface area (Å²) in [6.07, 6.45) is 0.675. The van der Waals surface area contributed by atoms with E-state index in [1.165, 1.54) is 7.11 Å². The van der Waals surface area contributed by atoms with Crippen LogP contribution in [0.25, 0.3) is 11.3 Å². The summed E-state index contributed by atoms with van der Waals surface area (Å²) in [7, 11) is 1.23. The zero-order chi connectivity index (χ0) is 45.0. The molecular weight excluding hydrogens is 785 g/mol. The van der Waals surface area contributed by atoms with E-state index in [9.17, 15) is 24.3 Å². The minimum atomic E-state index is -1.21. The van der Waals surface area contributed by atoms with Crippen molar-refractivity contribution in [2.24, 2.45) is 11.3 Å². The zero-order valence-corrected chi connectivity index (χ0v) is 37.4. The van der Waals surface area contributed by atoms with E-state index >= 15 is 0 Å². The number of rotatable bonds is 19. The summed E-state index contributed by atoms with van der Waals surface area (Å²) in [6, 6.07) is 26.0. The van der Waals surface area contributed by atoms with Crippen molar-refractivity contribution in [2.45, 2.75) is 105 Å². The Morgan fingerprint density at radius 3 is 2.21 bits per heavy atom. The predicted molar refractivity (Wildman–Crippen MR) is 239 cm³/mol. The van der Waals surface area contributed by atoms with Gasteiger partial charge in [0.15, 0.2) is 0 Å². The van der Waals surface area contributed by atoms with Gasteiger partial charge in [0.2, 0.25) is 5.91 Å². The van der Waals surface area contributed by atoms with Crippen LogP contribution in [0.2, 0.25) is 0 Å². The number of ether oxygens (including phenoxy) is 1. The number of aromatic nitrogens is 2. The quantitative estimate of drug-likeness (QED) is 0.0791. The summed E-state index contributed by atoms with van der Waals surface area (Å²) in [5, 5.41) is 19.6. The third kappa shape index (κ3) is 12.8. The molecule has 1 saturated heterocycles. The van der Waals surface area contributed by atoms with E-state index in [4.69, 9.17) is 9.72 Å². The number of methoxy groups -OCH3 is 1. The number of amides is 5. The first-order chi connectivity index (χ1) is 29.6. The molecule has 0 spiro atoms. The fourth-order valence-corrected chi connectivity index (χ4v) is 7.57. The second-order valence-electron chi connectivity index (χ2n) is 17.5. The second kappa shape index (κ2) is 21.8. The Bertz CT molecular complexity index is 2080. The number of carbonyl (C=O) groups is 4. The molecule has 2 aromatic carbocycles.